The van der Waals surface area contributed by atoms with Crippen molar-refractivity contribution in [3.63, 3.8) is 0 Å². The molecule has 9 nitrogen and oxygen atoms in total. The quantitative estimate of drug-likeness (QED) is 0.682. The zero-order chi connectivity index (χ0) is 21.6. The van der Waals surface area contributed by atoms with Crippen molar-refractivity contribution in [2.75, 3.05) is 24.5 Å². The maximum Gasteiger partial charge on any atom is 0.248 e. The predicted octanol–water partition coefficient (Wildman–Crippen LogP) is -0.337. The van der Waals surface area contributed by atoms with Crippen LogP contribution in [0.15, 0.2) is 24.3 Å². The lowest BCUT2D eigenvalue weighted by Crippen LogP contribution is -2.56. The summed E-state index contributed by atoms with van der Waals surface area (Å²) in [7, 11) is 0. The molecular weight excluding hydrogens is 384 g/mol. The van der Waals surface area contributed by atoms with E-state index in [-0.39, 0.29) is 36.4 Å². The molecule has 30 heavy (non-hydrogen) atoms. The number of hydrogen-bond acceptors (Lipinski definition) is 6. The first-order valence-electron chi connectivity index (χ1n) is 10.2. The number of carbonyl (C=O) groups excluding carboxylic acids is 3. The molecule has 3 saturated heterocycles. The van der Waals surface area contributed by atoms with Gasteiger partial charge in [0.1, 0.15) is 6.04 Å². The Labute approximate surface area is 175 Å². The van der Waals surface area contributed by atoms with Crippen LogP contribution in [0.1, 0.15) is 30.1 Å². The number of amides is 3. The highest BCUT2D eigenvalue weighted by molar-refractivity contribution is 6.02. The van der Waals surface area contributed by atoms with Crippen molar-refractivity contribution < 1.29 is 14.4 Å². The lowest BCUT2D eigenvalue weighted by molar-refractivity contribution is -0.134. The third kappa shape index (κ3) is 3.42. The van der Waals surface area contributed by atoms with Gasteiger partial charge in [0.25, 0.3) is 0 Å². The number of benzene rings is 1. The van der Waals surface area contributed by atoms with Crippen LogP contribution in [0.5, 0.6) is 0 Å². The fourth-order valence-electron chi connectivity index (χ4n) is 4.97. The number of nitrogens with two attached hydrogens (primary N) is 2. The van der Waals surface area contributed by atoms with Gasteiger partial charge in [-0.2, -0.15) is 5.26 Å². The first-order chi connectivity index (χ1) is 14.3. The monoisotopic (exact) mass is 410 g/mol. The highest BCUT2D eigenvalue weighted by Crippen LogP contribution is 2.36. The number of piperazine rings is 1. The van der Waals surface area contributed by atoms with Crippen LogP contribution in [-0.2, 0) is 9.59 Å². The molecular formula is C21H26N6O3. The molecule has 4 N–H and O–H groups in total. The number of carbonyl (C=O) groups is 3. The first-order valence-corrected chi connectivity index (χ1v) is 10.2. The van der Waals surface area contributed by atoms with E-state index in [0.29, 0.717) is 37.2 Å². The van der Waals surface area contributed by atoms with Crippen molar-refractivity contribution in [3.8, 4) is 6.07 Å². The summed E-state index contributed by atoms with van der Waals surface area (Å²) in [6, 6.07) is 7.37. The fourth-order valence-corrected chi connectivity index (χ4v) is 4.97. The van der Waals surface area contributed by atoms with Gasteiger partial charge in [0.05, 0.1) is 24.2 Å². The maximum absolute atomic E-state index is 13.0. The van der Waals surface area contributed by atoms with E-state index < -0.39 is 18.0 Å². The van der Waals surface area contributed by atoms with Crippen LogP contribution in [0.2, 0.25) is 0 Å². The van der Waals surface area contributed by atoms with Gasteiger partial charge in [-0.3, -0.25) is 19.3 Å². The topological polar surface area (TPSA) is 137 Å². The minimum Gasteiger partial charge on any atom is -0.366 e. The van der Waals surface area contributed by atoms with Crippen LogP contribution in [0.3, 0.4) is 0 Å². The molecule has 0 saturated carbocycles. The fraction of sp³-hybridized carbons (Fsp3) is 0.524. The second-order valence-electron chi connectivity index (χ2n) is 8.56. The van der Waals surface area contributed by atoms with Crippen LogP contribution < -0.4 is 16.4 Å². The molecule has 0 aromatic heterocycles. The van der Waals surface area contributed by atoms with Crippen molar-refractivity contribution in [3.05, 3.63) is 29.8 Å². The summed E-state index contributed by atoms with van der Waals surface area (Å²) < 4.78 is 0. The molecule has 3 amide bonds. The summed E-state index contributed by atoms with van der Waals surface area (Å²) >= 11 is 0. The van der Waals surface area contributed by atoms with Gasteiger partial charge in [-0.1, -0.05) is 13.0 Å². The van der Waals surface area contributed by atoms with Gasteiger partial charge < -0.3 is 21.3 Å². The molecule has 4 unspecified atom stereocenters. The molecule has 0 aliphatic carbocycles. The molecule has 4 rings (SSSR count). The van der Waals surface area contributed by atoms with E-state index in [1.54, 1.807) is 34.1 Å². The Bertz CT molecular complexity index is 928. The molecule has 9 heteroatoms. The molecule has 1 aromatic rings. The van der Waals surface area contributed by atoms with E-state index in [1.165, 1.54) is 0 Å². The molecule has 5 atom stereocenters. The Morgan fingerprint density at radius 2 is 2.07 bits per heavy atom. The number of likely N-dealkylation sites (tertiary alicyclic amines) is 2. The Hall–Kier alpha value is -2.96. The largest absolute Gasteiger partial charge is 0.366 e. The van der Waals surface area contributed by atoms with E-state index in [4.69, 9.17) is 11.5 Å². The summed E-state index contributed by atoms with van der Waals surface area (Å²) in [6.45, 7) is 3.45. The van der Waals surface area contributed by atoms with Gasteiger partial charge in [0.2, 0.25) is 17.7 Å². The standard InChI is InChI=1S/C21H26N6O3/c1-12-5-15(8-22)26(9-12)20(29)17(23)11-25-10-16-7-18(25)21(30)27(16)14-4-2-3-13(6-14)19(24)28/h2-4,6,12,15-18H,5,7,9-11,23H2,1H3,(H2,24,28)/t12?,15?,16-,17?,18?/m0/s1. The number of nitrogens with zero attached hydrogens (tertiary/aromatic N) is 4. The number of hydrogen-bond donors (Lipinski definition) is 2. The van der Waals surface area contributed by atoms with E-state index in [1.807, 2.05) is 11.8 Å². The van der Waals surface area contributed by atoms with Crippen molar-refractivity contribution in [2.24, 2.45) is 17.4 Å². The summed E-state index contributed by atoms with van der Waals surface area (Å²) in [5.41, 5.74) is 12.6. The normalized spacial score (nSPS) is 29.3. The van der Waals surface area contributed by atoms with Crippen molar-refractivity contribution in [2.45, 2.75) is 43.9 Å². The molecule has 1 aromatic carbocycles. The molecule has 3 aliphatic rings. The summed E-state index contributed by atoms with van der Waals surface area (Å²) in [5, 5.41) is 9.31. The summed E-state index contributed by atoms with van der Waals surface area (Å²) in [5.74, 6) is -0.545. The summed E-state index contributed by atoms with van der Waals surface area (Å²) in [4.78, 5) is 42.5. The zero-order valence-electron chi connectivity index (χ0n) is 16.9. The van der Waals surface area contributed by atoms with Crippen LogP contribution in [0, 0.1) is 17.2 Å². The molecule has 3 fully saturated rings. The Morgan fingerprint density at radius 1 is 1.30 bits per heavy atom. The highest BCUT2D eigenvalue weighted by Gasteiger charge is 2.50. The zero-order valence-corrected chi connectivity index (χ0v) is 16.9. The molecule has 0 spiro atoms. The van der Waals surface area contributed by atoms with Gasteiger partial charge in [-0.05, 0) is 37.0 Å². The molecule has 158 valence electrons. The van der Waals surface area contributed by atoms with Gasteiger partial charge >= 0.3 is 0 Å². The van der Waals surface area contributed by atoms with Gasteiger partial charge in [0, 0.05) is 30.9 Å². The Balaban J connectivity index is 1.42. The van der Waals surface area contributed by atoms with Crippen molar-refractivity contribution in [1.29, 1.82) is 5.26 Å². The molecule has 0 radical (unpaired) electrons. The van der Waals surface area contributed by atoms with Crippen LogP contribution in [0.25, 0.3) is 0 Å². The van der Waals surface area contributed by atoms with Crippen LogP contribution >= 0.6 is 0 Å². The van der Waals surface area contributed by atoms with Crippen LogP contribution in [-0.4, -0.2) is 71.3 Å². The molecule has 3 heterocycles. The number of rotatable bonds is 5. The van der Waals surface area contributed by atoms with E-state index in [0.717, 1.165) is 0 Å². The number of nitriles is 1. The highest BCUT2D eigenvalue weighted by atomic mass is 16.2. The SMILES string of the molecule is CC1CC(C#N)N(C(=O)C(N)CN2C[C@@H]3CC2C(=O)N3c2cccc(C(N)=O)c2)C1. The minimum absolute atomic E-state index is 0.0356. The Kier molecular flexibility index (Phi) is 5.22. The third-order valence-corrected chi connectivity index (χ3v) is 6.37. The third-order valence-electron chi connectivity index (χ3n) is 6.37. The lowest BCUT2D eigenvalue weighted by Gasteiger charge is -2.35. The smallest absolute Gasteiger partial charge is 0.248 e. The van der Waals surface area contributed by atoms with E-state index in [9.17, 15) is 19.6 Å². The number of primary amides is 1. The maximum atomic E-state index is 13.0. The second-order valence-corrected chi connectivity index (χ2v) is 8.56. The van der Waals surface area contributed by atoms with Gasteiger partial charge in [-0.25, -0.2) is 0 Å². The van der Waals surface area contributed by atoms with E-state index in [2.05, 4.69) is 6.07 Å². The second kappa shape index (κ2) is 7.70. The number of anilines is 1. The lowest BCUT2D eigenvalue weighted by atomic mass is 10.1. The average molecular weight is 410 g/mol. The first kappa shape index (κ1) is 20.3. The van der Waals surface area contributed by atoms with Crippen LogP contribution in [0.4, 0.5) is 5.69 Å². The van der Waals surface area contributed by atoms with Crippen molar-refractivity contribution >= 4 is 23.4 Å². The average Bonchev–Trinajstić information content (AvgIpc) is 3.39. The van der Waals surface area contributed by atoms with Gasteiger partial charge in [-0.15, -0.1) is 0 Å². The number of fused-ring (bicyclic) bond motifs is 2. The Morgan fingerprint density at radius 3 is 2.73 bits per heavy atom. The molecule has 3 aliphatic heterocycles. The predicted molar refractivity (Wildman–Crippen MR) is 109 cm³/mol. The molecule has 2 bridgehead atoms. The van der Waals surface area contributed by atoms with Crippen molar-refractivity contribution in [1.82, 2.24) is 9.80 Å². The van der Waals surface area contributed by atoms with E-state index >= 15 is 0 Å². The minimum atomic E-state index is -0.773. The van der Waals surface area contributed by atoms with Gasteiger partial charge in [0.15, 0.2) is 0 Å². The summed E-state index contributed by atoms with van der Waals surface area (Å²) in [6.07, 6.45) is 1.32.